The fourth-order valence-electron chi connectivity index (χ4n) is 3.09. The highest BCUT2D eigenvalue weighted by atomic mass is 32.2. The number of aromatic nitrogens is 2. The lowest BCUT2D eigenvalue weighted by atomic mass is 10.1. The van der Waals surface area contributed by atoms with E-state index in [4.69, 9.17) is 4.74 Å². The summed E-state index contributed by atoms with van der Waals surface area (Å²) in [5.41, 5.74) is 4.97. The molecule has 4 aromatic rings. The smallest absolute Gasteiger partial charge is 0.411 e. The van der Waals surface area contributed by atoms with E-state index in [0.717, 1.165) is 26.8 Å². The number of halogens is 1. The first-order valence-corrected chi connectivity index (χ1v) is 12.0. The van der Waals surface area contributed by atoms with Gasteiger partial charge in [0.05, 0.1) is 11.0 Å². The van der Waals surface area contributed by atoms with Gasteiger partial charge in [-0.15, -0.1) is 11.8 Å². The summed E-state index contributed by atoms with van der Waals surface area (Å²) in [5, 5.41) is 3.49. The SMILES string of the molecule is Cc1c(CSc2nc3ccccc3[nH]2)cccc1SCCOC(=O)Nc1ccc(F)cc1. The zero-order chi connectivity index (χ0) is 22.3. The van der Waals surface area contributed by atoms with Crippen molar-refractivity contribution in [1.29, 1.82) is 0 Å². The van der Waals surface area contributed by atoms with Gasteiger partial charge in [-0.1, -0.05) is 36.0 Å². The average molecular weight is 468 g/mol. The maximum absolute atomic E-state index is 12.9. The van der Waals surface area contributed by atoms with Gasteiger partial charge in [-0.05, 0) is 60.5 Å². The zero-order valence-electron chi connectivity index (χ0n) is 17.4. The van der Waals surface area contributed by atoms with Crippen molar-refractivity contribution in [2.45, 2.75) is 22.7 Å². The number of benzene rings is 3. The summed E-state index contributed by atoms with van der Waals surface area (Å²) in [6, 6.07) is 19.8. The third-order valence-corrected chi connectivity index (χ3v) is 6.84. The minimum Gasteiger partial charge on any atom is -0.448 e. The molecule has 2 N–H and O–H groups in total. The third-order valence-electron chi connectivity index (χ3n) is 4.79. The third kappa shape index (κ3) is 5.83. The molecule has 0 unspecified atom stereocenters. The first kappa shape index (κ1) is 22.2. The Balaban J connectivity index is 1.25. The maximum atomic E-state index is 12.9. The number of carbonyl (C=O) groups excluding carboxylic acids is 1. The molecule has 0 fully saturated rings. The molecule has 1 aromatic heterocycles. The van der Waals surface area contributed by atoms with E-state index in [-0.39, 0.29) is 12.4 Å². The van der Waals surface area contributed by atoms with Crippen LogP contribution in [0.3, 0.4) is 0 Å². The van der Waals surface area contributed by atoms with Crippen LogP contribution < -0.4 is 5.32 Å². The Morgan fingerprint density at radius 1 is 1.06 bits per heavy atom. The van der Waals surface area contributed by atoms with Crippen LogP contribution in [0.4, 0.5) is 14.9 Å². The van der Waals surface area contributed by atoms with Gasteiger partial charge < -0.3 is 9.72 Å². The first-order valence-electron chi connectivity index (χ1n) is 10.1. The summed E-state index contributed by atoms with van der Waals surface area (Å²) < 4.78 is 18.1. The van der Waals surface area contributed by atoms with Crippen LogP contribution in [0.5, 0.6) is 0 Å². The Labute approximate surface area is 194 Å². The largest absolute Gasteiger partial charge is 0.448 e. The summed E-state index contributed by atoms with van der Waals surface area (Å²) >= 11 is 3.33. The number of thioether (sulfide) groups is 2. The van der Waals surface area contributed by atoms with Crippen LogP contribution in [0.2, 0.25) is 0 Å². The van der Waals surface area contributed by atoms with Gasteiger partial charge in [0.1, 0.15) is 12.4 Å². The second kappa shape index (κ2) is 10.6. The number of aromatic amines is 1. The summed E-state index contributed by atoms with van der Waals surface area (Å²) in [5.74, 6) is 1.10. The number of rotatable bonds is 8. The van der Waals surface area contributed by atoms with Crippen molar-refractivity contribution in [3.63, 3.8) is 0 Å². The Morgan fingerprint density at radius 2 is 1.88 bits per heavy atom. The predicted molar refractivity (Wildman–Crippen MR) is 129 cm³/mol. The summed E-state index contributed by atoms with van der Waals surface area (Å²) in [6.45, 7) is 2.38. The van der Waals surface area contributed by atoms with Crippen LogP contribution in [0.25, 0.3) is 11.0 Å². The van der Waals surface area contributed by atoms with E-state index in [1.807, 2.05) is 30.3 Å². The summed E-state index contributed by atoms with van der Waals surface area (Å²) in [4.78, 5) is 21.0. The van der Waals surface area contributed by atoms with E-state index >= 15 is 0 Å². The van der Waals surface area contributed by atoms with Crippen LogP contribution in [-0.2, 0) is 10.5 Å². The van der Waals surface area contributed by atoms with Crippen molar-refractivity contribution in [3.8, 4) is 0 Å². The number of amides is 1. The molecule has 4 rings (SSSR count). The molecule has 0 saturated heterocycles. The second-order valence-electron chi connectivity index (χ2n) is 7.00. The second-order valence-corrected chi connectivity index (χ2v) is 9.11. The molecule has 32 heavy (non-hydrogen) atoms. The Morgan fingerprint density at radius 3 is 2.69 bits per heavy atom. The van der Waals surface area contributed by atoms with Crippen molar-refractivity contribution in [3.05, 3.63) is 83.7 Å². The van der Waals surface area contributed by atoms with E-state index < -0.39 is 6.09 Å². The fourth-order valence-corrected chi connectivity index (χ4v) is 4.95. The molecule has 0 radical (unpaired) electrons. The van der Waals surface area contributed by atoms with E-state index in [9.17, 15) is 9.18 Å². The number of imidazole rings is 1. The number of hydrogen-bond acceptors (Lipinski definition) is 5. The van der Waals surface area contributed by atoms with Gasteiger partial charge in [0, 0.05) is 22.1 Å². The highest BCUT2D eigenvalue weighted by Gasteiger charge is 2.09. The van der Waals surface area contributed by atoms with Crippen LogP contribution >= 0.6 is 23.5 Å². The monoisotopic (exact) mass is 467 g/mol. The molecule has 5 nitrogen and oxygen atoms in total. The number of H-pyrrole nitrogens is 1. The van der Waals surface area contributed by atoms with Crippen molar-refractivity contribution in [2.24, 2.45) is 0 Å². The lowest BCUT2D eigenvalue weighted by Crippen LogP contribution is -2.15. The maximum Gasteiger partial charge on any atom is 0.411 e. The number of hydrogen-bond donors (Lipinski definition) is 2. The average Bonchev–Trinajstić information content (AvgIpc) is 3.21. The van der Waals surface area contributed by atoms with Crippen LogP contribution in [0, 0.1) is 12.7 Å². The van der Waals surface area contributed by atoms with Gasteiger partial charge in [-0.25, -0.2) is 14.2 Å². The first-order chi connectivity index (χ1) is 15.6. The van der Waals surface area contributed by atoms with Gasteiger partial charge in [0.25, 0.3) is 0 Å². The van der Waals surface area contributed by atoms with E-state index in [1.165, 1.54) is 35.4 Å². The number of fused-ring (bicyclic) bond motifs is 1. The minimum absolute atomic E-state index is 0.273. The van der Waals surface area contributed by atoms with Crippen molar-refractivity contribution >= 4 is 46.3 Å². The number of anilines is 1. The highest BCUT2D eigenvalue weighted by molar-refractivity contribution is 7.99. The molecule has 164 valence electrons. The Hall–Kier alpha value is -2.97. The molecule has 0 atom stereocenters. The minimum atomic E-state index is -0.551. The number of nitrogens with zero attached hydrogens (tertiary/aromatic N) is 1. The van der Waals surface area contributed by atoms with Crippen molar-refractivity contribution in [2.75, 3.05) is 17.7 Å². The standard InChI is InChI=1S/C24H22FN3O2S2/c1-16-17(15-32-23-27-20-6-2-3-7-21(20)28-23)5-4-8-22(16)31-14-13-30-24(29)26-19-11-9-18(25)10-12-19/h2-12H,13-15H2,1H3,(H,26,29)(H,27,28). The van der Waals surface area contributed by atoms with E-state index in [0.29, 0.717) is 11.4 Å². The number of para-hydroxylation sites is 2. The molecule has 3 aromatic carbocycles. The van der Waals surface area contributed by atoms with Gasteiger partial charge in [0.2, 0.25) is 0 Å². The Bertz CT molecular complexity index is 1180. The molecular formula is C24H22FN3O2S2. The molecule has 1 heterocycles. The van der Waals surface area contributed by atoms with Gasteiger partial charge in [-0.3, -0.25) is 5.32 Å². The molecule has 8 heteroatoms. The highest BCUT2D eigenvalue weighted by Crippen LogP contribution is 2.29. The molecule has 0 aliphatic heterocycles. The lowest BCUT2D eigenvalue weighted by molar-refractivity contribution is 0.169. The van der Waals surface area contributed by atoms with Crippen LogP contribution in [0.15, 0.2) is 76.8 Å². The molecule has 0 aliphatic rings. The number of carbonyl (C=O) groups is 1. The molecule has 0 bridgehead atoms. The molecule has 1 amide bonds. The molecular weight excluding hydrogens is 445 g/mol. The van der Waals surface area contributed by atoms with E-state index in [1.54, 1.807) is 23.5 Å². The van der Waals surface area contributed by atoms with Gasteiger partial charge >= 0.3 is 6.09 Å². The lowest BCUT2D eigenvalue weighted by Gasteiger charge is -2.11. The van der Waals surface area contributed by atoms with Gasteiger partial charge in [0.15, 0.2) is 5.16 Å². The molecule has 0 aliphatic carbocycles. The van der Waals surface area contributed by atoms with E-state index in [2.05, 4.69) is 34.3 Å². The zero-order valence-corrected chi connectivity index (χ0v) is 19.1. The van der Waals surface area contributed by atoms with Crippen molar-refractivity contribution in [1.82, 2.24) is 9.97 Å². The predicted octanol–water partition coefficient (Wildman–Crippen LogP) is 6.64. The fraction of sp³-hybridized carbons (Fsp3) is 0.167. The topological polar surface area (TPSA) is 67.0 Å². The normalized spacial score (nSPS) is 10.9. The summed E-state index contributed by atoms with van der Waals surface area (Å²) in [7, 11) is 0. The van der Waals surface area contributed by atoms with Crippen LogP contribution in [-0.4, -0.2) is 28.4 Å². The molecule has 0 spiro atoms. The van der Waals surface area contributed by atoms with Crippen LogP contribution in [0.1, 0.15) is 11.1 Å². The Kier molecular flexibility index (Phi) is 7.34. The number of nitrogens with one attached hydrogen (secondary N) is 2. The van der Waals surface area contributed by atoms with Gasteiger partial charge in [-0.2, -0.15) is 0 Å². The quantitative estimate of drug-likeness (QED) is 0.224. The van der Waals surface area contributed by atoms with Crippen molar-refractivity contribution < 1.29 is 13.9 Å². The molecule has 0 saturated carbocycles. The summed E-state index contributed by atoms with van der Waals surface area (Å²) in [6.07, 6.45) is -0.551. The number of ether oxygens (including phenoxy) is 1.